The van der Waals surface area contributed by atoms with Crippen LogP contribution in [0, 0.1) is 0 Å². The van der Waals surface area contributed by atoms with Crippen molar-refractivity contribution >= 4 is 16.1 Å². The molecule has 0 heterocycles. The number of nitrogens with zero attached hydrogens (tertiary/aromatic N) is 1. The third kappa shape index (κ3) is 6.67. The zero-order valence-corrected chi connectivity index (χ0v) is 8.96. The molecule has 0 aromatic heterocycles. The minimum absolute atomic E-state index is 0.253. The van der Waals surface area contributed by atoms with E-state index >= 15 is 0 Å². The molecule has 0 atom stereocenters. The fraction of sp³-hybridized carbons (Fsp3) is 0.857. The molecule has 0 aliphatic carbocycles. The van der Waals surface area contributed by atoms with Gasteiger partial charge in [-0.05, 0) is 6.42 Å². The molecule has 0 aliphatic heterocycles. The summed E-state index contributed by atoms with van der Waals surface area (Å²) in [6.45, 7) is 2.24. The summed E-state index contributed by atoms with van der Waals surface area (Å²) >= 11 is 0. The molecule has 0 bridgehead atoms. The molecule has 14 heavy (non-hydrogen) atoms. The van der Waals surface area contributed by atoms with Gasteiger partial charge in [-0.2, -0.15) is 8.42 Å². The van der Waals surface area contributed by atoms with Crippen LogP contribution in [0.25, 0.3) is 0 Å². The Labute approximate surface area is 83.8 Å². The van der Waals surface area contributed by atoms with Crippen molar-refractivity contribution in [1.29, 1.82) is 0 Å². The molecular weight excluding hydrogens is 208 g/mol. The average Bonchev–Trinajstić information content (AvgIpc) is 2.00. The first-order valence-electron chi connectivity index (χ1n) is 4.36. The standard InChI is InChI=1S/C7H16N2O4S/c1-2-3-4-5-9(7(8)10)6-14(11,12)13/h2-6H2,1H3,(H2,8,10)(H,11,12,13). The van der Waals surface area contributed by atoms with Crippen LogP contribution in [0.5, 0.6) is 0 Å². The van der Waals surface area contributed by atoms with Gasteiger partial charge < -0.3 is 10.6 Å². The minimum atomic E-state index is -4.18. The molecule has 0 aliphatic rings. The van der Waals surface area contributed by atoms with Crippen LogP contribution in [0.3, 0.4) is 0 Å². The second-order valence-corrected chi connectivity index (χ2v) is 4.44. The van der Waals surface area contributed by atoms with Gasteiger partial charge in [-0.15, -0.1) is 0 Å². The van der Waals surface area contributed by atoms with Crippen molar-refractivity contribution in [3.05, 3.63) is 0 Å². The van der Waals surface area contributed by atoms with Gasteiger partial charge in [-0.25, -0.2) is 4.79 Å². The number of rotatable bonds is 6. The fourth-order valence-corrected chi connectivity index (χ4v) is 1.64. The Balaban J connectivity index is 4.11. The van der Waals surface area contributed by atoms with Crippen LogP contribution in [0.1, 0.15) is 26.2 Å². The number of primary amides is 1. The maximum atomic E-state index is 10.7. The second kappa shape index (κ2) is 5.82. The minimum Gasteiger partial charge on any atom is -0.351 e. The molecule has 0 saturated heterocycles. The molecule has 0 spiro atoms. The Morgan fingerprint density at radius 1 is 1.43 bits per heavy atom. The van der Waals surface area contributed by atoms with Gasteiger partial charge in [-0.1, -0.05) is 19.8 Å². The van der Waals surface area contributed by atoms with E-state index in [1.54, 1.807) is 0 Å². The Hall–Kier alpha value is -0.820. The molecule has 0 radical (unpaired) electrons. The van der Waals surface area contributed by atoms with Crippen LogP contribution in [-0.4, -0.2) is 36.3 Å². The van der Waals surface area contributed by atoms with E-state index in [1.807, 2.05) is 6.92 Å². The van der Waals surface area contributed by atoms with Crippen molar-refractivity contribution < 1.29 is 17.8 Å². The van der Waals surface area contributed by atoms with Crippen LogP contribution >= 0.6 is 0 Å². The quantitative estimate of drug-likeness (QED) is 0.503. The van der Waals surface area contributed by atoms with E-state index in [0.717, 1.165) is 17.7 Å². The van der Waals surface area contributed by atoms with Gasteiger partial charge in [0.15, 0.2) is 0 Å². The molecule has 3 N–H and O–H groups in total. The number of hydrogen-bond acceptors (Lipinski definition) is 3. The number of hydrogen-bond donors (Lipinski definition) is 2. The third-order valence-corrected chi connectivity index (χ3v) is 2.30. The predicted octanol–water partition coefficient (Wildman–Crippen LogP) is 0.403. The van der Waals surface area contributed by atoms with Crippen LogP contribution in [-0.2, 0) is 10.1 Å². The molecule has 0 rings (SSSR count). The van der Waals surface area contributed by atoms with Gasteiger partial charge in [0.1, 0.15) is 5.88 Å². The molecular formula is C7H16N2O4S. The number of nitrogens with two attached hydrogens (primary N) is 1. The van der Waals surface area contributed by atoms with Crippen molar-refractivity contribution in [2.45, 2.75) is 26.2 Å². The van der Waals surface area contributed by atoms with E-state index < -0.39 is 22.0 Å². The first-order chi connectivity index (χ1) is 6.37. The largest absolute Gasteiger partial charge is 0.351 e. The highest BCUT2D eigenvalue weighted by Gasteiger charge is 2.16. The molecule has 84 valence electrons. The maximum absolute atomic E-state index is 10.7. The summed E-state index contributed by atoms with van der Waals surface area (Å²) in [6.07, 6.45) is 2.52. The summed E-state index contributed by atoms with van der Waals surface area (Å²) in [5.74, 6) is -0.730. The predicted molar refractivity (Wildman–Crippen MR) is 52.2 cm³/mol. The lowest BCUT2D eigenvalue weighted by Crippen LogP contribution is -2.39. The number of carbonyl (C=O) groups excluding carboxylic acids is 1. The Bertz CT molecular complexity index is 275. The summed E-state index contributed by atoms with van der Waals surface area (Å²) in [5.41, 5.74) is 4.94. The maximum Gasteiger partial charge on any atom is 0.315 e. The highest BCUT2D eigenvalue weighted by molar-refractivity contribution is 7.85. The number of carbonyl (C=O) groups is 1. The Kier molecular flexibility index (Phi) is 5.47. The van der Waals surface area contributed by atoms with Gasteiger partial charge in [0.2, 0.25) is 0 Å². The van der Waals surface area contributed by atoms with Crippen molar-refractivity contribution in [3.8, 4) is 0 Å². The van der Waals surface area contributed by atoms with Crippen molar-refractivity contribution in [2.75, 3.05) is 12.4 Å². The molecule has 6 nitrogen and oxygen atoms in total. The highest BCUT2D eigenvalue weighted by atomic mass is 32.2. The normalized spacial score (nSPS) is 11.3. The first kappa shape index (κ1) is 13.2. The van der Waals surface area contributed by atoms with Gasteiger partial charge in [0, 0.05) is 6.54 Å². The van der Waals surface area contributed by atoms with Crippen LogP contribution in [0.15, 0.2) is 0 Å². The van der Waals surface area contributed by atoms with E-state index in [-0.39, 0.29) is 6.54 Å². The molecule has 0 aromatic rings. The summed E-state index contributed by atoms with van der Waals surface area (Å²) < 4.78 is 29.5. The number of amides is 2. The molecule has 0 saturated carbocycles. The topological polar surface area (TPSA) is 101 Å². The number of unbranched alkanes of at least 4 members (excludes halogenated alkanes) is 2. The summed E-state index contributed by atoms with van der Waals surface area (Å²) in [6, 6.07) is -0.835. The van der Waals surface area contributed by atoms with E-state index in [2.05, 4.69) is 0 Å². The second-order valence-electron chi connectivity index (χ2n) is 3.02. The van der Waals surface area contributed by atoms with Crippen molar-refractivity contribution in [3.63, 3.8) is 0 Å². The number of urea groups is 1. The monoisotopic (exact) mass is 224 g/mol. The van der Waals surface area contributed by atoms with E-state index in [9.17, 15) is 13.2 Å². The summed E-state index contributed by atoms with van der Waals surface area (Å²) in [7, 11) is -4.18. The SMILES string of the molecule is CCCCCN(CS(=O)(=O)O)C(N)=O. The third-order valence-electron chi connectivity index (χ3n) is 1.66. The zero-order valence-electron chi connectivity index (χ0n) is 8.14. The van der Waals surface area contributed by atoms with Crippen LogP contribution in [0.4, 0.5) is 4.79 Å². The van der Waals surface area contributed by atoms with Gasteiger partial charge in [0.05, 0.1) is 0 Å². The van der Waals surface area contributed by atoms with Crippen molar-refractivity contribution in [2.24, 2.45) is 5.73 Å². The summed E-state index contributed by atoms with van der Waals surface area (Å²) in [4.78, 5) is 11.7. The van der Waals surface area contributed by atoms with Gasteiger partial charge in [0.25, 0.3) is 10.1 Å². The van der Waals surface area contributed by atoms with Crippen LogP contribution < -0.4 is 5.73 Å². The van der Waals surface area contributed by atoms with Gasteiger partial charge >= 0.3 is 6.03 Å². The van der Waals surface area contributed by atoms with Crippen LogP contribution in [0.2, 0.25) is 0 Å². The summed E-state index contributed by atoms with van der Waals surface area (Å²) in [5, 5.41) is 0. The highest BCUT2D eigenvalue weighted by Crippen LogP contribution is 2.00. The zero-order chi connectivity index (χ0) is 11.2. The molecule has 0 unspecified atom stereocenters. The lowest BCUT2D eigenvalue weighted by molar-refractivity contribution is 0.213. The first-order valence-corrected chi connectivity index (χ1v) is 5.97. The van der Waals surface area contributed by atoms with E-state index in [0.29, 0.717) is 6.42 Å². The molecule has 0 fully saturated rings. The lowest BCUT2D eigenvalue weighted by Gasteiger charge is -2.17. The Morgan fingerprint density at radius 2 is 2.00 bits per heavy atom. The lowest BCUT2D eigenvalue weighted by atomic mass is 10.2. The Morgan fingerprint density at radius 3 is 2.36 bits per heavy atom. The van der Waals surface area contributed by atoms with E-state index in [1.165, 1.54) is 0 Å². The van der Waals surface area contributed by atoms with Crippen molar-refractivity contribution in [1.82, 2.24) is 4.90 Å². The smallest absolute Gasteiger partial charge is 0.315 e. The average molecular weight is 224 g/mol. The molecule has 0 aromatic carbocycles. The van der Waals surface area contributed by atoms with Gasteiger partial charge in [-0.3, -0.25) is 4.55 Å². The van der Waals surface area contributed by atoms with E-state index in [4.69, 9.17) is 10.3 Å². The fourth-order valence-electron chi connectivity index (χ4n) is 0.988. The molecule has 7 heteroatoms. The molecule has 2 amide bonds.